The number of aromatic hydroxyl groups is 1. The van der Waals surface area contributed by atoms with Gasteiger partial charge in [0.1, 0.15) is 23.7 Å². The zero-order valence-corrected chi connectivity index (χ0v) is 79.3. The number of carbonyl (C=O) groups is 6. The number of anilines is 2. The standard InChI is InChI=1S/C50H70N5O12P.C50H69N5O9/c1-30(2)9-8-10-31(3)38-18-19-39-37-17-14-34-29-36(22-24-49(34,4)40(37)23-25-50(38,39)5)65-48(59)52-42(27-32-12-15-35(16-13-32)66-68(62,63)64)44(56)28-33(47(57)58)11-6-7-26-51-41-20-21-43(55(60)61)46-45(41)53-67-54-46;1-30(2)9-8-10-31(3)38-18-19-39-37-17-14-34-29-36(22-24-49(34,4)40(37)23-25-50(38,39)5)63-48(60)52-42(27-32-12-15-35(56)16-13-32)44(57)28-33(47(58)59)11-6-7-26-51-41-20-21-43(55(61)62)46-45(41)53-64-54-46/h12-16,20-21,30-31,33,36-40,42,51H,6-11,17-19,22-29H2,1-5H3,(H,52,59)(H,57,58)(H2,62,63,64);12-16,20-21,30-31,33,36-40,42,51,56H,6-11,17-19,22-29H2,1-5H3,(H,52,60)(H,58,59)/t2*31-,33+,36?,37+,38?,39+,40+,42?,49+,50-/m11/s1. The normalized spacial score (nSPS) is 27.3. The highest BCUT2D eigenvalue weighted by atomic mass is 31.2. The summed E-state index contributed by atoms with van der Waals surface area (Å²) in [5.41, 5.74) is 5.90. The number of hydrogen-bond acceptors (Lipinski definition) is 23. The molecule has 0 aliphatic heterocycles. The number of Topliss-reactive ketones (excluding diaryl/α,β-unsaturated/α-hetero) is 2. The molecule has 20 atom stereocenters. The van der Waals surface area contributed by atoms with E-state index in [0.717, 1.165) is 79.4 Å². The Hall–Kier alpha value is -9.87. The summed E-state index contributed by atoms with van der Waals surface area (Å²) in [6.07, 6.45) is 29.6. The summed E-state index contributed by atoms with van der Waals surface area (Å²) in [6, 6.07) is 15.6. The predicted molar refractivity (Wildman–Crippen MR) is 498 cm³/mol. The highest BCUT2D eigenvalue weighted by molar-refractivity contribution is 7.46. The van der Waals surface area contributed by atoms with Crippen LogP contribution in [0, 0.1) is 125 Å². The van der Waals surface area contributed by atoms with E-state index in [-0.39, 0.29) is 107 Å². The number of non-ortho nitro benzene ring substituents is 2. The maximum atomic E-state index is 14.0. The summed E-state index contributed by atoms with van der Waals surface area (Å²) < 4.78 is 37.7. The van der Waals surface area contributed by atoms with Gasteiger partial charge in [-0.15, -0.1) is 0 Å². The Labute approximate surface area is 773 Å². The van der Waals surface area contributed by atoms with Crippen LogP contribution in [0.3, 0.4) is 0 Å². The first-order chi connectivity index (χ1) is 62.8. The molecule has 2 heterocycles. The second-order valence-corrected chi connectivity index (χ2v) is 42.9. The topological polar surface area (TPSA) is 461 Å². The van der Waals surface area contributed by atoms with E-state index in [1.165, 1.54) is 162 Å². The molecule has 132 heavy (non-hydrogen) atoms. The molecule has 2 amide bonds. The number of carbonyl (C=O) groups excluding carboxylic acids is 4. The number of nitrogens with zero attached hydrogens (tertiary/aromatic N) is 6. The summed E-state index contributed by atoms with van der Waals surface area (Å²) in [7, 11) is -4.81. The Bertz CT molecular complexity index is 5170. The lowest BCUT2D eigenvalue weighted by Crippen LogP contribution is -2.51. The number of nitrogens with one attached hydrogen (secondary N) is 4. The van der Waals surface area contributed by atoms with Gasteiger partial charge < -0.3 is 50.6 Å². The van der Waals surface area contributed by atoms with Gasteiger partial charge in [0.25, 0.3) is 0 Å². The highest BCUT2D eigenvalue weighted by Gasteiger charge is 2.62. The Morgan fingerprint density at radius 1 is 0.500 bits per heavy atom. The van der Waals surface area contributed by atoms with Crippen LogP contribution < -0.4 is 25.8 Å². The van der Waals surface area contributed by atoms with Crippen molar-refractivity contribution in [1.82, 2.24) is 31.3 Å². The van der Waals surface area contributed by atoms with Crippen molar-refractivity contribution < 1.29 is 91.5 Å². The number of nitro benzene ring substituents is 2. The number of aromatic nitrogens is 4. The number of phenols is 1. The third-order valence-electron chi connectivity index (χ3n) is 32.8. The quantitative estimate of drug-likeness (QED) is 0.00565. The minimum absolute atomic E-state index is 0.00422. The number of amides is 2. The molecule has 720 valence electrons. The molecule has 9 N–H and O–H groups in total. The van der Waals surface area contributed by atoms with Gasteiger partial charge in [0.2, 0.25) is 11.0 Å². The smallest absolute Gasteiger partial charge is 0.508 e. The minimum Gasteiger partial charge on any atom is -0.508 e. The zero-order chi connectivity index (χ0) is 94.7. The first-order valence-electron chi connectivity index (χ1n) is 48.6. The van der Waals surface area contributed by atoms with Gasteiger partial charge in [0.15, 0.2) is 22.6 Å². The second kappa shape index (κ2) is 43.2. The van der Waals surface area contributed by atoms with Crippen molar-refractivity contribution in [3.8, 4) is 11.5 Å². The molecule has 14 rings (SSSR count). The number of fused-ring (bicyclic) bond motifs is 12. The number of benzene rings is 4. The summed E-state index contributed by atoms with van der Waals surface area (Å²) in [4.78, 5) is 120. The van der Waals surface area contributed by atoms with Gasteiger partial charge in [-0.05, 0) is 289 Å². The molecule has 4 aromatic carbocycles. The molecule has 8 aliphatic rings. The highest BCUT2D eigenvalue weighted by Crippen LogP contribution is 2.70. The number of carboxylic acids is 2. The van der Waals surface area contributed by atoms with Crippen molar-refractivity contribution >= 4 is 88.3 Å². The fourth-order valence-electron chi connectivity index (χ4n) is 25.7. The van der Waals surface area contributed by atoms with Gasteiger partial charge in [-0.3, -0.25) is 49.2 Å². The second-order valence-electron chi connectivity index (χ2n) is 41.8. The van der Waals surface area contributed by atoms with E-state index in [1.807, 2.05) is 0 Å². The van der Waals surface area contributed by atoms with Crippen molar-refractivity contribution in [3.63, 3.8) is 0 Å². The predicted octanol–water partition coefficient (Wildman–Crippen LogP) is 21.4. The molecule has 0 radical (unpaired) electrons. The number of alkyl carbamates (subject to hydrolysis) is 2. The number of hydrogen-bond donors (Lipinski definition) is 9. The van der Waals surface area contributed by atoms with Crippen LogP contribution in [0.15, 0.2) is 105 Å². The number of unbranched alkanes of at least 4 members (excludes halogenated alkanes) is 2. The molecule has 6 unspecified atom stereocenters. The minimum atomic E-state index is -4.81. The summed E-state index contributed by atoms with van der Waals surface area (Å²) in [5, 5.41) is 79.6. The number of nitro groups is 2. The number of ketones is 2. The number of aliphatic carboxylic acids is 2. The number of ether oxygens (including phenoxy) is 2. The summed E-state index contributed by atoms with van der Waals surface area (Å²) in [6.45, 7) is 25.2. The third kappa shape index (κ3) is 23.5. The number of carboxylic acid groups (broad SMARTS) is 2. The van der Waals surface area contributed by atoms with Crippen LogP contribution in [-0.2, 0) is 46.1 Å². The lowest BCUT2D eigenvalue weighted by atomic mass is 9.47. The Morgan fingerprint density at radius 3 is 1.29 bits per heavy atom. The Kier molecular flexibility index (Phi) is 32.6. The van der Waals surface area contributed by atoms with E-state index in [2.05, 4.69) is 128 Å². The first-order valence-corrected chi connectivity index (χ1v) is 50.1. The average Bonchev–Trinajstić information content (AvgIpc) is 1.47. The third-order valence-corrected chi connectivity index (χ3v) is 33.2. The molecule has 0 saturated heterocycles. The molecular formula is C100H139N10O21P. The molecule has 32 heteroatoms. The molecule has 0 bridgehead atoms. The number of phosphoric acid groups is 1. The molecule has 8 aliphatic carbocycles. The molecule has 6 aromatic rings. The number of phenolic OH excluding ortho intramolecular Hbond substituents is 1. The zero-order valence-electron chi connectivity index (χ0n) is 78.4. The van der Waals surface area contributed by atoms with Crippen LogP contribution in [-0.4, -0.2) is 129 Å². The maximum Gasteiger partial charge on any atom is 0.524 e. The lowest BCUT2D eigenvalue weighted by molar-refractivity contribution is -0.383. The van der Waals surface area contributed by atoms with Crippen LogP contribution in [0.25, 0.3) is 22.1 Å². The summed E-state index contributed by atoms with van der Waals surface area (Å²) in [5.74, 6) is 3.48. The molecule has 6 saturated carbocycles. The lowest BCUT2D eigenvalue weighted by Gasteiger charge is -2.58. The van der Waals surface area contributed by atoms with Crippen molar-refractivity contribution in [3.05, 3.63) is 127 Å². The maximum absolute atomic E-state index is 14.0. The van der Waals surface area contributed by atoms with Gasteiger partial charge in [-0.25, -0.2) is 23.4 Å². The van der Waals surface area contributed by atoms with Crippen LogP contribution >= 0.6 is 7.82 Å². The van der Waals surface area contributed by atoms with Crippen molar-refractivity contribution in [1.29, 1.82) is 0 Å². The van der Waals surface area contributed by atoms with Crippen molar-refractivity contribution in [2.24, 2.45) is 105 Å². The number of allylic oxidation sites excluding steroid dienone is 2. The van der Waals surface area contributed by atoms with E-state index in [4.69, 9.17) is 18.7 Å². The van der Waals surface area contributed by atoms with E-state index >= 15 is 0 Å². The first kappa shape index (κ1) is 99.6. The number of rotatable bonds is 42. The van der Waals surface area contributed by atoms with Crippen LogP contribution in [0.4, 0.5) is 32.3 Å². The molecule has 0 spiro atoms. The van der Waals surface area contributed by atoms with Gasteiger partial charge >= 0.3 is 43.3 Å². The molecule has 31 nitrogen and oxygen atoms in total. The Balaban J connectivity index is 0.000000225. The van der Waals surface area contributed by atoms with Gasteiger partial charge in [-0.2, -0.15) is 0 Å². The van der Waals surface area contributed by atoms with E-state index in [0.29, 0.717) is 115 Å². The largest absolute Gasteiger partial charge is 0.524 e. The van der Waals surface area contributed by atoms with Gasteiger partial charge in [-0.1, -0.05) is 168 Å². The van der Waals surface area contributed by atoms with Crippen LogP contribution in [0.1, 0.15) is 273 Å². The number of phosphoric ester groups is 1. The molecule has 6 fully saturated rings. The van der Waals surface area contributed by atoms with Crippen LogP contribution in [0.5, 0.6) is 11.5 Å². The van der Waals surface area contributed by atoms with Gasteiger partial charge in [0, 0.05) is 50.9 Å². The van der Waals surface area contributed by atoms with Gasteiger partial charge in [0.05, 0.1) is 45.1 Å². The Morgan fingerprint density at radius 2 is 0.902 bits per heavy atom. The van der Waals surface area contributed by atoms with Crippen LogP contribution in [0.2, 0.25) is 0 Å². The summed E-state index contributed by atoms with van der Waals surface area (Å²) >= 11 is 0. The van der Waals surface area contributed by atoms with Crippen molar-refractivity contribution in [2.45, 2.75) is 299 Å². The fraction of sp³-hybridized carbons (Fsp3) is 0.660. The molecule has 2 aromatic heterocycles. The van der Waals surface area contributed by atoms with E-state index in [1.54, 1.807) is 12.1 Å². The van der Waals surface area contributed by atoms with E-state index < -0.39 is 77.3 Å². The molecular weight excluding hydrogens is 1710 g/mol. The fourth-order valence-corrected chi connectivity index (χ4v) is 26.1. The van der Waals surface area contributed by atoms with E-state index in [9.17, 15) is 78.7 Å². The SMILES string of the molecule is CC(C)CCC[C@@H](C)C1CC[C@H]2[C@@H]3CC=C4CC(OC(=O)NC(Cc5ccc(O)cc5)C(=O)C[C@H](CCCCNc5ccc([N+](=O)[O-])c6nonc56)C(=O)O)CC[C@]4(C)[C@H]3CC[C@]12C.CC(C)CCC[C@@H](C)C1CC[C@H]2[C@@H]3CC=C4CC(OC(=O)NC(Cc5ccc(OP(=O)(O)O)cc5)C(=O)C[C@H](CCCCNc5ccc([N+](=O)[O-])c6nonc56)C(=O)O)CC[C@]4(C)[C@H]3CC[C@]12C. The monoisotopic (exact) mass is 1850 g/mol. The van der Waals surface area contributed by atoms with Crippen molar-refractivity contribution in [2.75, 3.05) is 23.7 Å². The average molecular weight is 1850 g/mol.